The average molecular weight is 301 g/mol. The monoisotopic (exact) mass is 300 g/mol. The van der Waals surface area contributed by atoms with E-state index in [2.05, 4.69) is 57.7 Å². The van der Waals surface area contributed by atoms with Crippen molar-refractivity contribution in [2.45, 2.75) is 13.3 Å². The first kappa shape index (κ1) is 11.5. The Morgan fingerprint density at radius 2 is 2.00 bits per heavy atom. The highest BCUT2D eigenvalue weighted by atomic mass is 79.9. The molecule has 0 N–H and O–H groups in total. The van der Waals surface area contributed by atoms with Crippen LogP contribution in [0.5, 0.6) is 0 Å². The van der Waals surface area contributed by atoms with E-state index >= 15 is 0 Å². The van der Waals surface area contributed by atoms with Crippen molar-refractivity contribution in [3.05, 3.63) is 70.1 Å². The van der Waals surface area contributed by atoms with Gasteiger partial charge in [0.05, 0.1) is 5.69 Å². The van der Waals surface area contributed by atoms with Gasteiger partial charge >= 0.3 is 0 Å². The molecule has 0 aliphatic carbocycles. The molecule has 0 saturated heterocycles. The maximum absolute atomic E-state index is 4.69. The highest BCUT2D eigenvalue weighted by Gasteiger charge is 2.06. The Balaban J connectivity index is 2.01. The molecule has 1 aromatic carbocycles. The zero-order valence-corrected chi connectivity index (χ0v) is 11.7. The molecular formula is C15H13BrN2. The summed E-state index contributed by atoms with van der Waals surface area (Å²) in [7, 11) is 0. The van der Waals surface area contributed by atoms with Crippen molar-refractivity contribution < 1.29 is 0 Å². The fourth-order valence-corrected chi connectivity index (χ4v) is 2.55. The highest BCUT2D eigenvalue weighted by Crippen LogP contribution is 2.20. The summed E-state index contributed by atoms with van der Waals surface area (Å²) in [5.41, 5.74) is 4.60. The van der Waals surface area contributed by atoms with Crippen LogP contribution < -0.4 is 0 Å². The molecule has 0 atom stereocenters. The van der Waals surface area contributed by atoms with Crippen LogP contribution in [0.15, 0.2) is 53.3 Å². The summed E-state index contributed by atoms with van der Waals surface area (Å²) >= 11 is 3.58. The highest BCUT2D eigenvalue weighted by molar-refractivity contribution is 9.10. The Bertz CT molecular complexity index is 701. The Labute approximate surface area is 114 Å². The molecule has 3 heteroatoms. The fraction of sp³-hybridized carbons (Fsp3) is 0.133. The number of halogens is 1. The van der Waals surface area contributed by atoms with Gasteiger partial charge in [0, 0.05) is 23.3 Å². The van der Waals surface area contributed by atoms with Gasteiger partial charge in [-0.3, -0.25) is 0 Å². The second kappa shape index (κ2) is 4.58. The lowest BCUT2D eigenvalue weighted by Gasteiger charge is -2.00. The molecule has 0 unspecified atom stereocenters. The Morgan fingerprint density at radius 3 is 2.78 bits per heavy atom. The van der Waals surface area contributed by atoms with Crippen LogP contribution in [0.3, 0.4) is 0 Å². The Morgan fingerprint density at radius 1 is 1.17 bits per heavy atom. The third kappa shape index (κ3) is 2.06. The number of hydrogen-bond donors (Lipinski definition) is 0. The molecule has 0 saturated carbocycles. The van der Waals surface area contributed by atoms with Gasteiger partial charge in [0.2, 0.25) is 0 Å². The lowest BCUT2D eigenvalue weighted by Crippen LogP contribution is -1.89. The minimum absolute atomic E-state index is 0.850. The van der Waals surface area contributed by atoms with Gasteiger partial charge in [-0.25, -0.2) is 4.98 Å². The van der Waals surface area contributed by atoms with E-state index in [1.807, 2.05) is 18.3 Å². The fourth-order valence-electron chi connectivity index (χ4n) is 2.13. The predicted molar refractivity (Wildman–Crippen MR) is 76.9 cm³/mol. The predicted octanol–water partition coefficient (Wildman–Crippen LogP) is 4.00. The second-order valence-electron chi connectivity index (χ2n) is 4.42. The van der Waals surface area contributed by atoms with Crippen LogP contribution in [-0.4, -0.2) is 9.38 Å². The smallest absolute Gasteiger partial charge is 0.139 e. The van der Waals surface area contributed by atoms with E-state index < -0.39 is 0 Å². The molecule has 2 aromatic heterocycles. The number of benzene rings is 1. The van der Waals surface area contributed by atoms with E-state index in [0.29, 0.717) is 0 Å². The molecule has 0 amide bonds. The molecular weight excluding hydrogens is 288 g/mol. The van der Waals surface area contributed by atoms with Crippen molar-refractivity contribution in [3.8, 4) is 0 Å². The summed E-state index contributed by atoms with van der Waals surface area (Å²) in [4.78, 5) is 4.69. The number of aromatic nitrogens is 2. The number of aryl methyl sites for hydroxylation is 1. The van der Waals surface area contributed by atoms with Gasteiger partial charge in [-0.2, -0.15) is 0 Å². The maximum Gasteiger partial charge on any atom is 0.139 e. The molecule has 18 heavy (non-hydrogen) atoms. The van der Waals surface area contributed by atoms with Crippen molar-refractivity contribution in [1.29, 1.82) is 0 Å². The minimum atomic E-state index is 0.850. The number of hydrogen-bond acceptors (Lipinski definition) is 1. The summed E-state index contributed by atoms with van der Waals surface area (Å²) in [5, 5.41) is 0. The quantitative estimate of drug-likeness (QED) is 0.699. The van der Waals surface area contributed by atoms with E-state index in [-0.39, 0.29) is 0 Å². The largest absolute Gasteiger partial charge is 0.307 e. The van der Waals surface area contributed by atoms with Crippen molar-refractivity contribution in [1.82, 2.24) is 9.38 Å². The lowest BCUT2D eigenvalue weighted by atomic mass is 10.1. The van der Waals surface area contributed by atoms with Crippen LogP contribution in [0, 0.1) is 6.92 Å². The maximum atomic E-state index is 4.69. The number of pyridine rings is 1. The van der Waals surface area contributed by atoms with E-state index in [0.717, 1.165) is 22.2 Å². The van der Waals surface area contributed by atoms with Crippen molar-refractivity contribution in [2.24, 2.45) is 0 Å². The summed E-state index contributed by atoms with van der Waals surface area (Å²) < 4.78 is 3.22. The van der Waals surface area contributed by atoms with Gasteiger partial charge in [0.15, 0.2) is 0 Å². The molecule has 0 aliphatic rings. The molecule has 3 rings (SSSR count). The molecule has 0 radical (unpaired) electrons. The molecule has 90 valence electrons. The van der Waals surface area contributed by atoms with Crippen LogP contribution in [0.1, 0.15) is 16.8 Å². The SMILES string of the molecule is Cc1cccn2cc(Cc3ccccc3Br)nc12. The molecule has 0 bridgehead atoms. The first-order valence-corrected chi connectivity index (χ1v) is 6.70. The zero-order chi connectivity index (χ0) is 12.5. The molecule has 3 aromatic rings. The van der Waals surface area contributed by atoms with Gasteiger partial charge in [0.1, 0.15) is 5.65 Å². The van der Waals surface area contributed by atoms with Crippen LogP contribution in [-0.2, 0) is 6.42 Å². The second-order valence-corrected chi connectivity index (χ2v) is 5.28. The summed E-state index contributed by atoms with van der Waals surface area (Å²) in [6.45, 7) is 2.09. The lowest BCUT2D eigenvalue weighted by molar-refractivity contribution is 1.10. The summed E-state index contributed by atoms with van der Waals surface area (Å²) in [6.07, 6.45) is 4.99. The molecule has 0 aliphatic heterocycles. The van der Waals surface area contributed by atoms with Crippen molar-refractivity contribution >= 4 is 21.6 Å². The summed E-state index contributed by atoms with van der Waals surface area (Å²) in [5.74, 6) is 0. The number of imidazole rings is 1. The van der Waals surface area contributed by atoms with Crippen LogP contribution in [0.2, 0.25) is 0 Å². The van der Waals surface area contributed by atoms with E-state index in [4.69, 9.17) is 4.98 Å². The normalized spacial score (nSPS) is 11.0. The van der Waals surface area contributed by atoms with Crippen molar-refractivity contribution in [3.63, 3.8) is 0 Å². The van der Waals surface area contributed by atoms with Crippen LogP contribution in [0.25, 0.3) is 5.65 Å². The van der Waals surface area contributed by atoms with E-state index in [9.17, 15) is 0 Å². The molecule has 2 nitrogen and oxygen atoms in total. The van der Waals surface area contributed by atoms with Gasteiger partial charge in [0.25, 0.3) is 0 Å². The Kier molecular flexibility index (Phi) is 2.92. The molecule has 2 heterocycles. The van der Waals surface area contributed by atoms with Gasteiger partial charge in [-0.05, 0) is 30.2 Å². The molecule has 0 spiro atoms. The van der Waals surface area contributed by atoms with Gasteiger partial charge < -0.3 is 4.40 Å². The van der Waals surface area contributed by atoms with Crippen molar-refractivity contribution in [2.75, 3.05) is 0 Å². The van der Waals surface area contributed by atoms with Gasteiger partial charge in [-0.1, -0.05) is 40.2 Å². The number of fused-ring (bicyclic) bond motifs is 1. The zero-order valence-electron chi connectivity index (χ0n) is 10.1. The van der Waals surface area contributed by atoms with Crippen LogP contribution >= 0.6 is 15.9 Å². The van der Waals surface area contributed by atoms with E-state index in [1.165, 1.54) is 11.1 Å². The van der Waals surface area contributed by atoms with Gasteiger partial charge in [-0.15, -0.1) is 0 Å². The standard InChI is InChI=1S/C15H13BrN2/c1-11-5-4-8-18-10-13(17-15(11)18)9-12-6-2-3-7-14(12)16/h2-8,10H,9H2,1H3. The first-order valence-electron chi connectivity index (χ1n) is 5.90. The molecule has 0 fully saturated rings. The third-order valence-corrected chi connectivity index (χ3v) is 3.83. The topological polar surface area (TPSA) is 17.3 Å². The average Bonchev–Trinajstić information content (AvgIpc) is 2.76. The minimum Gasteiger partial charge on any atom is -0.307 e. The first-order chi connectivity index (χ1) is 8.74. The number of nitrogens with zero attached hydrogens (tertiary/aromatic N) is 2. The summed E-state index contributed by atoms with van der Waals surface area (Å²) in [6, 6.07) is 12.4. The van der Waals surface area contributed by atoms with Crippen LogP contribution in [0.4, 0.5) is 0 Å². The van der Waals surface area contributed by atoms with E-state index in [1.54, 1.807) is 0 Å². The third-order valence-electron chi connectivity index (χ3n) is 3.06. The Hall–Kier alpha value is -1.61. The number of rotatable bonds is 2.